The minimum atomic E-state index is -0.271. The number of hydrogen-bond donors (Lipinski definition) is 1. The van der Waals surface area contributed by atoms with Crippen molar-refractivity contribution in [2.45, 2.75) is 18.9 Å². The van der Waals surface area contributed by atoms with Crippen LogP contribution in [-0.2, 0) is 11.8 Å². The highest BCUT2D eigenvalue weighted by atomic mass is 32.1. The number of benzene rings is 1. The summed E-state index contributed by atoms with van der Waals surface area (Å²) in [5, 5.41) is 13.1. The van der Waals surface area contributed by atoms with E-state index in [0.717, 1.165) is 35.4 Å². The van der Waals surface area contributed by atoms with Gasteiger partial charge < -0.3 is 18.8 Å². The summed E-state index contributed by atoms with van der Waals surface area (Å²) in [6.07, 6.45) is 1.94. The van der Waals surface area contributed by atoms with Gasteiger partial charge in [0.05, 0.1) is 19.7 Å². The van der Waals surface area contributed by atoms with Gasteiger partial charge in [0.25, 0.3) is 5.91 Å². The average Bonchev–Trinajstić information content (AvgIpc) is 3.41. The van der Waals surface area contributed by atoms with Crippen LogP contribution >= 0.6 is 11.3 Å². The van der Waals surface area contributed by atoms with Gasteiger partial charge in [0.2, 0.25) is 5.13 Å². The van der Waals surface area contributed by atoms with Gasteiger partial charge in [-0.05, 0) is 31.0 Å². The number of aromatic nitrogens is 3. The van der Waals surface area contributed by atoms with Crippen LogP contribution in [0.3, 0.4) is 0 Å². The number of methoxy groups -OCH3 is 2. The van der Waals surface area contributed by atoms with E-state index in [4.69, 9.17) is 14.2 Å². The number of ether oxygens (including phenoxy) is 3. The van der Waals surface area contributed by atoms with Crippen LogP contribution in [0.4, 0.5) is 5.13 Å². The van der Waals surface area contributed by atoms with Crippen molar-refractivity contribution in [2.24, 2.45) is 7.05 Å². The highest BCUT2D eigenvalue weighted by molar-refractivity contribution is 7.15. The molecule has 1 aliphatic heterocycles. The Morgan fingerprint density at radius 1 is 1.30 bits per heavy atom. The van der Waals surface area contributed by atoms with Gasteiger partial charge in [0.15, 0.2) is 0 Å². The normalized spacial score (nSPS) is 16.6. The highest BCUT2D eigenvalue weighted by Crippen LogP contribution is 2.36. The first-order valence-electron chi connectivity index (χ1n) is 8.59. The van der Waals surface area contributed by atoms with Gasteiger partial charge in [-0.3, -0.25) is 10.1 Å². The van der Waals surface area contributed by atoms with E-state index < -0.39 is 0 Å². The molecule has 1 atom stereocenters. The summed E-state index contributed by atoms with van der Waals surface area (Å²) in [6, 6.07) is 5.43. The maximum absolute atomic E-state index is 12.8. The number of nitrogens with zero attached hydrogens (tertiary/aromatic N) is 3. The zero-order valence-electron chi connectivity index (χ0n) is 15.3. The molecule has 1 saturated heterocycles. The second-order valence-corrected chi connectivity index (χ2v) is 7.23. The number of amides is 1. The lowest BCUT2D eigenvalue weighted by Gasteiger charge is -2.08. The van der Waals surface area contributed by atoms with Crippen LogP contribution in [-0.4, -0.2) is 41.5 Å². The molecule has 0 radical (unpaired) electrons. The fourth-order valence-corrected chi connectivity index (χ4v) is 4.14. The Balaban J connectivity index is 1.64. The molecule has 1 aliphatic rings. The molecule has 1 aromatic carbocycles. The molecular formula is C18H20N4O4S. The van der Waals surface area contributed by atoms with E-state index in [1.165, 1.54) is 11.3 Å². The topological polar surface area (TPSA) is 87.5 Å². The zero-order valence-corrected chi connectivity index (χ0v) is 16.1. The van der Waals surface area contributed by atoms with Crippen LogP contribution in [0, 0.1) is 0 Å². The monoisotopic (exact) mass is 388 g/mol. The van der Waals surface area contributed by atoms with E-state index in [1.807, 2.05) is 19.2 Å². The lowest BCUT2D eigenvalue weighted by atomic mass is 10.2. The maximum Gasteiger partial charge on any atom is 0.274 e. The van der Waals surface area contributed by atoms with Crippen molar-refractivity contribution in [2.75, 3.05) is 26.1 Å². The van der Waals surface area contributed by atoms with Crippen molar-refractivity contribution in [1.82, 2.24) is 14.8 Å². The first-order chi connectivity index (χ1) is 13.1. The van der Waals surface area contributed by atoms with Gasteiger partial charge in [-0.1, -0.05) is 11.3 Å². The molecule has 0 spiro atoms. The number of aryl methyl sites for hydroxylation is 1. The predicted octanol–water partition coefficient (Wildman–Crippen LogP) is 3.15. The third kappa shape index (κ3) is 3.13. The molecule has 142 valence electrons. The molecule has 1 fully saturated rings. The van der Waals surface area contributed by atoms with Gasteiger partial charge >= 0.3 is 0 Å². The van der Waals surface area contributed by atoms with Crippen molar-refractivity contribution in [3.8, 4) is 11.5 Å². The van der Waals surface area contributed by atoms with Gasteiger partial charge in [0, 0.05) is 19.0 Å². The van der Waals surface area contributed by atoms with E-state index in [2.05, 4.69) is 15.5 Å². The van der Waals surface area contributed by atoms with E-state index in [0.29, 0.717) is 22.3 Å². The number of anilines is 1. The first-order valence-corrected chi connectivity index (χ1v) is 9.40. The molecule has 1 amide bonds. The summed E-state index contributed by atoms with van der Waals surface area (Å²) in [6.45, 7) is 0.742. The van der Waals surface area contributed by atoms with Gasteiger partial charge in [-0.25, -0.2) is 0 Å². The van der Waals surface area contributed by atoms with E-state index in [1.54, 1.807) is 24.9 Å². The van der Waals surface area contributed by atoms with Crippen molar-refractivity contribution < 1.29 is 19.0 Å². The van der Waals surface area contributed by atoms with E-state index in [-0.39, 0.29) is 12.0 Å². The van der Waals surface area contributed by atoms with Crippen LogP contribution in [0.5, 0.6) is 11.5 Å². The van der Waals surface area contributed by atoms with Crippen molar-refractivity contribution in [1.29, 1.82) is 0 Å². The third-order valence-electron chi connectivity index (χ3n) is 4.66. The molecule has 0 aliphatic carbocycles. The minimum absolute atomic E-state index is 0.0145. The van der Waals surface area contributed by atoms with Crippen molar-refractivity contribution in [3.63, 3.8) is 0 Å². The summed E-state index contributed by atoms with van der Waals surface area (Å²) < 4.78 is 18.3. The molecule has 3 heterocycles. The van der Waals surface area contributed by atoms with Gasteiger partial charge in [-0.2, -0.15) is 0 Å². The molecule has 3 aromatic rings. The number of hydrogen-bond acceptors (Lipinski definition) is 7. The average molecular weight is 388 g/mol. The minimum Gasteiger partial charge on any atom is -0.496 e. The third-order valence-corrected chi connectivity index (χ3v) is 5.59. The molecule has 0 saturated carbocycles. The number of nitrogens with one attached hydrogen (secondary N) is 1. The Labute approximate surface area is 160 Å². The van der Waals surface area contributed by atoms with Crippen molar-refractivity contribution >= 4 is 33.3 Å². The molecular weight excluding hydrogens is 368 g/mol. The predicted molar refractivity (Wildman–Crippen MR) is 102 cm³/mol. The largest absolute Gasteiger partial charge is 0.496 e. The molecule has 8 nitrogen and oxygen atoms in total. The summed E-state index contributed by atoms with van der Waals surface area (Å²) in [7, 11) is 5.01. The molecule has 2 aromatic heterocycles. The molecule has 4 rings (SSSR count). The van der Waals surface area contributed by atoms with Crippen LogP contribution in [0.15, 0.2) is 18.2 Å². The first kappa shape index (κ1) is 17.7. The molecule has 0 bridgehead atoms. The summed E-state index contributed by atoms with van der Waals surface area (Å²) >= 11 is 1.34. The lowest BCUT2D eigenvalue weighted by Crippen LogP contribution is -2.15. The Kier molecular flexibility index (Phi) is 4.71. The smallest absolute Gasteiger partial charge is 0.274 e. The number of carbonyl (C=O) groups is 1. The number of rotatable bonds is 5. The second kappa shape index (κ2) is 7.16. The second-order valence-electron chi connectivity index (χ2n) is 6.22. The van der Waals surface area contributed by atoms with Crippen LogP contribution < -0.4 is 14.8 Å². The SMILES string of the molecule is COc1ccc(OC)c2c1cc(C(=O)Nc1nnc(C3CCCO3)s1)n2C. The Morgan fingerprint density at radius 2 is 2.07 bits per heavy atom. The lowest BCUT2D eigenvalue weighted by molar-refractivity contribution is 0.101. The fourth-order valence-electron chi connectivity index (χ4n) is 3.32. The summed E-state index contributed by atoms with van der Waals surface area (Å²) in [5.41, 5.74) is 1.26. The van der Waals surface area contributed by atoms with Gasteiger partial charge in [-0.15, -0.1) is 10.2 Å². The van der Waals surface area contributed by atoms with E-state index in [9.17, 15) is 4.79 Å². The summed E-state index contributed by atoms with van der Waals surface area (Å²) in [4.78, 5) is 12.8. The maximum atomic E-state index is 12.8. The molecule has 1 unspecified atom stereocenters. The van der Waals surface area contributed by atoms with Crippen LogP contribution in [0.2, 0.25) is 0 Å². The Morgan fingerprint density at radius 3 is 2.78 bits per heavy atom. The quantitative estimate of drug-likeness (QED) is 0.722. The molecule has 27 heavy (non-hydrogen) atoms. The number of carbonyl (C=O) groups excluding carboxylic acids is 1. The molecule has 1 N–H and O–H groups in total. The zero-order chi connectivity index (χ0) is 19.0. The fraction of sp³-hybridized carbons (Fsp3) is 0.389. The highest BCUT2D eigenvalue weighted by Gasteiger charge is 2.24. The summed E-state index contributed by atoms with van der Waals surface area (Å²) in [5.74, 6) is 1.08. The van der Waals surface area contributed by atoms with Crippen LogP contribution in [0.25, 0.3) is 10.9 Å². The number of fused-ring (bicyclic) bond motifs is 1. The van der Waals surface area contributed by atoms with E-state index >= 15 is 0 Å². The standard InChI is InChI=1S/C18H20N4O4S/c1-22-11(9-10-12(24-2)6-7-13(25-3)15(10)22)16(23)19-18-21-20-17(27-18)14-5-4-8-26-14/h6-7,9,14H,4-5,8H2,1-3H3,(H,19,21,23). The van der Waals surface area contributed by atoms with Gasteiger partial charge in [0.1, 0.15) is 28.3 Å². The Bertz CT molecular complexity index is 991. The van der Waals surface area contributed by atoms with Crippen LogP contribution in [0.1, 0.15) is 34.4 Å². The molecule has 9 heteroatoms. The Hall–Kier alpha value is -2.65. The van der Waals surface area contributed by atoms with Crippen molar-refractivity contribution in [3.05, 3.63) is 28.9 Å².